The van der Waals surface area contributed by atoms with Crippen LogP contribution in [0.25, 0.3) is 0 Å². The first-order valence-corrected chi connectivity index (χ1v) is 10.0. The first-order valence-electron chi connectivity index (χ1n) is 8.54. The fourth-order valence-corrected chi connectivity index (χ4v) is 3.50. The van der Waals surface area contributed by atoms with Gasteiger partial charge >= 0.3 is 51.4 Å². The van der Waals surface area contributed by atoms with E-state index in [-0.39, 0.29) is 57.8 Å². The summed E-state index contributed by atoms with van der Waals surface area (Å²) in [5.74, 6) is 0. The third kappa shape index (κ3) is 15.1. The van der Waals surface area contributed by atoms with Crippen LogP contribution in [0.4, 0.5) is 0 Å². The molecule has 2 unspecified atom stereocenters. The molecule has 0 radical (unpaired) electrons. The summed E-state index contributed by atoms with van der Waals surface area (Å²) in [6.07, 6.45) is 9.78. The van der Waals surface area contributed by atoms with Gasteiger partial charge in [0.15, 0.2) is 0 Å². The van der Waals surface area contributed by atoms with Crippen LogP contribution in [0.3, 0.4) is 0 Å². The van der Waals surface area contributed by atoms with Crippen molar-refractivity contribution in [2.45, 2.75) is 102 Å². The standard InChI is InChI=1S/C16H34O4S.K/c1-3-5-7-9-10-12-15(17)14-16(21(18,19)20)13-11-8-6-4-2;/h15-17H,3-14H2,1-2H3,(H,18,19,20);/q;+1/p-1. The predicted molar refractivity (Wildman–Crippen MR) is 86.2 cm³/mol. The molecule has 4 nitrogen and oxygen atoms in total. The van der Waals surface area contributed by atoms with Crippen molar-refractivity contribution in [2.24, 2.45) is 0 Å². The molecule has 0 aliphatic carbocycles. The van der Waals surface area contributed by atoms with Gasteiger partial charge in [0.1, 0.15) is 0 Å². The van der Waals surface area contributed by atoms with Crippen LogP contribution in [-0.4, -0.2) is 29.4 Å². The van der Waals surface area contributed by atoms with E-state index in [2.05, 4.69) is 13.8 Å². The molecule has 0 saturated carbocycles. The molecule has 0 aromatic rings. The summed E-state index contributed by atoms with van der Waals surface area (Å²) in [6.45, 7) is 4.24. The van der Waals surface area contributed by atoms with Gasteiger partial charge in [0.25, 0.3) is 0 Å². The molecule has 6 heteroatoms. The van der Waals surface area contributed by atoms with E-state index in [9.17, 15) is 18.1 Å². The quantitative estimate of drug-likeness (QED) is 0.285. The van der Waals surface area contributed by atoms with E-state index in [0.29, 0.717) is 12.8 Å². The van der Waals surface area contributed by atoms with Gasteiger partial charge in [0.05, 0.1) is 21.5 Å². The molecule has 0 aromatic heterocycles. The summed E-state index contributed by atoms with van der Waals surface area (Å²) < 4.78 is 33.8. The normalized spacial score (nSPS) is 14.4. The molecule has 0 aliphatic heterocycles. The summed E-state index contributed by atoms with van der Waals surface area (Å²) in [5.41, 5.74) is 0. The summed E-state index contributed by atoms with van der Waals surface area (Å²) in [7, 11) is -4.30. The van der Waals surface area contributed by atoms with Gasteiger partial charge in [-0.25, -0.2) is 8.42 Å². The van der Waals surface area contributed by atoms with Crippen molar-refractivity contribution in [1.29, 1.82) is 0 Å². The van der Waals surface area contributed by atoms with Crippen molar-refractivity contribution in [3.63, 3.8) is 0 Å². The van der Waals surface area contributed by atoms with E-state index in [4.69, 9.17) is 0 Å². The molecule has 0 aliphatic rings. The van der Waals surface area contributed by atoms with Gasteiger partial charge < -0.3 is 9.66 Å². The molecular formula is C16H33KO4S. The summed E-state index contributed by atoms with van der Waals surface area (Å²) in [6, 6.07) is 0. The largest absolute Gasteiger partial charge is 1.00 e. The van der Waals surface area contributed by atoms with Crippen LogP contribution < -0.4 is 51.4 Å². The Morgan fingerprint density at radius 3 is 1.82 bits per heavy atom. The topological polar surface area (TPSA) is 77.4 Å². The molecule has 128 valence electrons. The van der Waals surface area contributed by atoms with Crippen molar-refractivity contribution < 1.29 is 69.5 Å². The second-order valence-corrected chi connectivity index (χ2v) is 7.71. The Kier molecular flexibility index (Phi) is 18.7. The Labute approximate surface area is 180 Å². The Bertz CT molecular complexity index is 333. The average Bonchev–Trinajstić information content (AvgIpc) is 2.41. The molecule has 0 spiro atoms. The molecule has 2 atom stereocenters. The molecule has 22 heavy (non-hydrogen) atoms. The van der Waals surface area contributed by atoms with Crippen LogP contribution in [-0.2, 0) is 10.1 Å². The molecule has 0 fully saturated rings. The van der Waals surface area contributed by atoms with Crippen molar-refractivity contribution in [1.82, 2.24) is 0 Å². The van der Waals surface area contributed by atoms with Gasteiger partial charge in [-0.2, -0.15) is 0 Å². The monoisotopic (exact) mass is 360 g/mol. The zero-order valence-corrected chi connectivity index (χ0v) is 18.7. The van der Waals surface area contributed by atoms with Gasteiger partial charge in [-0.15, -0.1) is 0 Å². The number of unbranched alkanes of at least 4 members (excludes halogenated alkanes) is 7. The van der Waals surface area contributed by atoms with Gasteiger partial charge in [0.2, 0.25) is 0 Å². The van der Waals surface area contributed by atoms with Crippen LogP contribution in [0.15, 0.2) is 0 Å². The van der Waals surface area contributed by atoms with E-state index >= 15 is 0 Å². The van der Waals surface area contributed by atoms with Crippen molar-refractivity contribution in [3.05, 3.63) is 0 Å². The third-order valence-electron chi connectivity index (χ3n) is 3.96. The molecular weight excluding hydrogens is 327 g/mol. The summed E-state index contributed by atoms with van der Waals surface area (Å²) >= 11 is 0. The summed E-state index contributed by atoms with van der Waals surface area (Å²) in [4.78, 5) is 0. The first-order chi connectivity index (χ1) is 9.91. The fourth-order valence-electron chi connectivity index (χ4n) is 2.58. The number of aliphatic hydroxyl groups is 1. The first kappa shape index (κ1) is 25.7. The zero-order chi connectivity index (χ0) is 16.1. The van der Waals surface area contributed by atoms with Gasteiger partial charge in [-0.1, -0.05) is 71.6 Å². The Morgan fingerprint density at radius 2 is 1.32 bits per heavy atom. The minimum atomic E-state index is -4.30. The number of hydrogen-bond acceptors (Lipinski definition) is 4. The third-order valence-corrected chi connectivity index (χ3v) is 5.21. The molecule has 0 saturated heterocycles. The maximum Gasteiger partial charge on any atom is 1.00 e. The Balaban J connectivity index is 0. The van der Waals surface area contributed by atoms with E-state index < -0.39 is 21.5 Å². The van der Waals surface area contributed by atoms with Crippen LogP contribution >= 0.6 is 0 Å². The molecule has 1 N–H and O–H groups in total. The Morgan fingerprint density at radius 1 is 0.864 bits per heavy atom. The minimum Gasteiger partial charge on any atom is -0.748 e. The molecule has 0 rings (SSSR count). The maximum atomic E-state index is 11.3. The van der Waals surface area contributed by atoms with Crippen LogP contribution in [0.1, 0.15) is 90.9 Å². The van der Waals surface area contributed by atoms with E-state index in [1.807, 2.05) is 0 Å². The average molecular weight is 361 g/mol. The van der Waals surface area contributed by atoms with Gasteiger partial charge in [0, 0.05) is 0 Å². The van der Waals surface area contributed by atoms with E-state index in [1.165, 1.54) is 12.8 Å². The number of hydrogen-bond donors (Lipinski definition) is 1. The molecule has 0 heterocycles. The number of rotatable bonds is 14. The molecule has 0 bridgehead atoms. The molecule has 0 aromatic carbocycles. The van der Waals surface area contributed by atoms with E-state index in [0.717, 1.165) is 44.9 Å². The zero-order valence-electron chi connectivity index (χ0n) is 14.7. The SMILES string of the molecule is CCCCCCCC(O)CC(CCCCCC)S(=O)(=O)[O-].[K+]. The van der Waals surface area contributed by atoms with Crippen molar-refractivity contribution in [3.8, 4) is 0 Å². The van der Waals surface area contributed by atoms with Crippen molar-refractivity contribution in [2.75, 3.05) is 0 Å². The smallest absolute Gasteiger partial charge is 0.748 e. The number of aliphatic hydroxyl groups excluding tert-OH is 1. The van der Waals surface area contributed by atoms with E-state index in [1.54, 1.807) is 0 Å². The van der Waals surface area contributed by atoms with Gasteiger partial charge in [-0.05, 0) is 19.3 Å². The van der Waals surface area contributed by atoms with Gasteiger partial charge in [-0.3, -0.25) is 0 Å². The fraction of sp³-hybridized carbons (Fsp3) is 1.00. The summed E-state index contributed by atoms with van der Waals surface area (Å²) in [5, 5.41) is 9.02. The maximum absolute atomic E-state index is 11.3. The van der Waals surface area contributed by atoms with Crippen molar-refractivity contribution >= 4 is 10.1 Å². The minimum absolute atomic E-state index is 0. The molecule has 0 amide bonds. The second-order valence-electron chi connectivity index (χ2n) is 6.06. The second kappa shape index (κ2) is 16.0. The van der Waals surface area contributed by atoms with Crippen LogP contribution in [0.5, 0.6) is 0 Å². The van der Waals surface area contributed by atoms with Crippen LogP contribution in [0, 0.1) is 0 Å². The Hall–Kier alpha value is 1.51. The van der Waals surface area contributed by atoms with Crippen LogP contribution in [0.2, 0.25) is 0 Å². The predicted octanol–water partition coefficient (Wildman–Crippen LogP) is 0.986.